The number of anilines is 2. The normalized spacial score (nSPS) is 18.2. The van der Waals surface area contributed by atoms with E-state index in [9.17, 15) is 28.4 Å². The van der Waals surface area contributed by atoms with Gasteiger partial charge in [0.2, 0.25) is 17.7 Å². The van der Waals surface area contributed by atoms with Crippen LogP contribution in [-0.2, 0) is 14.4 Å². The van der Waals surface area contributed by atoms with Crippen molar-refractivity contribution in [1.29, 1.82) is 0 Å². The Labute approximate surface area is 312 Å². The smallest absolute Gasteiger partial charge is 0.264 e. The van der Waals surface area contributed by atoms with Crippen LogP contribution in [0.15, 0.2) is 55.0 Å². The quantitative estimate of drug-likeness (QED) is 0.158. The monoisotopic (exact) mass is 762 g/mol. The van der Waals surface area contributed by atoms with Crippen LogP contribution in [0.3, 0.4) is 0 Å². The first-order chi connectivity index (χ1) is 25.4. The highest BCUT2D eigenvalue weighted by atomic mass is 35.5. The van der Waals surface area contributed by atoms with E-state index in [1.165, 1.54) is 18.2 Å². The molecule has 4 aromatic rings. The number of hydrogen-bond acceptors (Lipinski definition) is 10. The van der Waals surface area contributed by atoms with E-state index in [0.717, 1.165) is 10.5 Å². The first-order valence-corrected chi connectivity index (χ1v) is 17.6. The molecule has 17 heteroatoms. The van der Waals surface area contributed by atoms with Gasteiger partial charge in [-0.3, -0.25) is 38.9 Å². The molecule has 0 radical (unpaired) electrons. The zero-order valence-electron chi connectivity index (χ0n) is 28.3. The maximum absolute atomic E-state index is 14.1. The van der Waals surface area contributed by atoms with Gasteiger partial charge in [0.15, 0.2) is 11.6 Å². The number of nitrogen functional groups attached to an aromatic ring is 1. The lowest BCUT2D eigenvalue weighted by atomic mass is 10.0. The van der Waals surface area contributed by atoms with Crippen molar-refractivity contribution in [3.05, 3.63) is 87.5 Å². The molecule has 3 aliphatic rings. The fourth-order valence-electron chi connectivity index (χ4n) is 6.88. The second-order valence-corrected chi connectivity index (χ2v) is 13.8. The van der Waals surface area contributed by atoms with Crippen LogP contribution in [0, 0.1) is 5.82 Å². The minimum absolute atomic E-state index is 0.0184. The summed E-state index contributed by atoms with van der Waals surface area (Å²) in [4.78, 5) is 70.7. The number of nitrogens with two attached hydrogens (primary N) is 1. The van der Waals surface area contributed by atoms with E-state index >= 15 is 0 Å². The summed E-state index contributed by atoms with van der Waals surface area (Å²) in [6.07, 6.45) is 5.81. The van der Waals surface area contributed by atoms with Gasteiger partial charge in [-0.2, -0.15) is 5.10 Å². The molecule has 3 aliphatic heterocycles. The molecule has 5 heterocycles. The SMILES string of the molecule is C[C@@H](Oc1cc(-c2cnn(C3CCN(C(=O)CNc4cccc5c4C(=O)N(C4CCC(=O)NC4=O)C5=O)CC3)c2)cnc1N)c1c(Cl)ccc(F)c1Cl. The Hall–Kier alpha value is -5.54. The van der Waals surface area contributed by atoms with Crippen molar-refractivity contribution in [2.75, 3.05) is 30.7 Å². The lowest BCUT2D eigenvalue weighted by Crippen LogP contribution is -2.54. The Bertz CT molecular complexity index is 2170. The van der Waals surface area contributed by atoms with Gasteiger partial charge in [0.05, 0.1) is 34.9 Å². The second-order valence-electron chi connectivity index (χ2n) is 13.0. The predicted octanol–water partition coefficient (Wildman–Crippen LogP) is 4.79. The number of piperidine rings is 2. The fraction of sp³-hybridized carbons (Fsp3) is 0.306. The standard InChI is InChI=1S/C36H33Cl2FN8O6/c1-18(30-23(37)5-6-24(39)32(30)38)53-27-13-19(14-42-33(27)40)20-15-43-46(17-20)21-9-11-45(12-10-21)29(49)16-41-25-4-2-3-22-31(25)36(52)47(35(22)51)26-7-8-28(48)44-34(26)50/h2-6,13-15,17-18,21,26,41H,7-12,16H2,1H3,(H2,40,42)(H,44,48,50)/t18-,26?/m1/s1. The zero-order chi connectivity index (χ0) is 37.6. The third kappa shape index (κ3) is 6.89. The molecule has 0 bridgehead atoms. The van der Waals surface area contributed by atoms with Crippen LogP contribution in [0.5, 0.6) is 5.75 Å². The average Bonchev–Trinajstić information content (AvgIpc) is 3.73. The molecule has 7 rings (SSSR count). The van der Waals surface area contributed by atoms with Crippen LogP contribution in [-0.4, -0.2) is 79.8 Å². The van der Waals surface area contributed by atoms with Crippen molar-refractivity contribution in [3.63, 3.8) is 0 Å². The molecule has 53 heavy (non-hydrogen) atoms. The molecule has 0 saturated carbocycles. The van der Waals surface area contributed by atoms with Crippen molar-refractivity contribution in [2.24, 2.45) is 0 Å². The van der Waals surface area contributed by atoms with Gasteiger partial charge in [-0.1, -0.05) is 29.3 Å². The molecule has 2 fully saturated rings. The molecule has 2 aromatic heterocycles. The Morgan fingerprint density at radius 3 is 2.60 bits per heavy atom. The fourth-order valence-corrected chi connectivity index (χ4v) is 7.56. The number of carbonyl (C=O) groups excluding carboxylic acids is 5. The first kappa shape index (κ1) is 35.8. The molecule has 1 unspecified atom stereocenters. The first-order valence-electron chi connectivity index (χ1n) is 16.9. The lowest BCUT2D eigenvalue weighted by molar-refractivity contribution is -0.136. The Morgan fingerprint density at radius 1 is 1.08 bits per heavy atom. The van der Waals surface area contributed by atoms with Crippen molar-refractivity contribution >= 4 is 64.2 Å². The van der Waals surface area contributed by atoms with Crippen LogP contribution in [0.25, 0.3) is 11.1 Å². The molecule has 0 aliphatic carbocycles. The third-order valence-electron chi connectivity index (χ3n) is 9.70. The number of likely N-dealkylation sites (tertiary alicyclic amines) is 1. The number of ether oxygens (including phenoxy) is 1. The van der Waals surface area contributed by atoms with Gasteiger partial charge in [0.25, 0.3) is 11.8 Å². The minimum Gasteiger partial charge on any atom is -0.482 e. The molecule has 274 valence electrons. The van der Waals surface area contributed by atoms with Gasteiger partial charge >= 0.3 is 0 Å². The van der Waals surface area contributed by atoms with Crippen LogP contribution in [0.2, 0.25) is 10.0 Å². The average molecular weight is 764 g/mol. The van der Waals surface area contributed by atoms with Gasteiger partial charge in [-0.05, 0) is 56.5 Å². The van der Waals surface area contributed by atoms with Crippen LogP contribution in [0.4, 0.5) is 15.9 Å². The van der Waals surface area contributed by atoms with E-state index in [1.807, 2.05) is 10.9 Å². The van der Waals surface area contributed by atoms with E-state index in [4.69, 9.17) is 33.7 Å². The van der Waals surface area contributed by atoms with Crippen molar-refractivity contribution < 1.29 is 33.1 Å². The molecule has 0 spiro atoms. The summed E-state index contributed by atoms with van der Waals surface area (Å²) in [6.45, 7) is 2.51. The number of imide groups is 2. The van der Waals surface area contributed by atoms with E-state index in [2.05, 4.69) is 20.7 Å². The van der Waals surface area contributed by atoms with Crippen molar-refractivity contribution in [1.82, 2.24) is 29.9 Å². The minimum atomic E-state index is -1.08. The van der Waals surface area contributed by atoms with Crippen LogP contribution >= 0.6 is 23.2 Å². The van der Waals surface area contributed by atoms with Crippen molar-refractivity contribution in [2.45, 2.75) is 50.8 Å². The summed E-state index contributed by atoms with van der Waals surface area (Å²) < 4.78 is 22.0. The molecule has 2 atom stereocenters. The molecule has 4 N–H and O–H groups in total. The van der Waals surface area contributed by atoms with Gasteiger partial charge < -0.3 is 20.7 Å². The van der Waals surface area contributed by atoms with Gasteiger partial charge in [-0.15, -0.1) is 0 Å². The summed E-state index contributed by atoms with van der Waals surface area (Å²) in [6, 6.07) is 7.95. The highest BCUT2D eigenvalue weighted by molar-refractivity contribution is 6.36. The van der Waals surface area contributed by atoms with Gasteiger partial charge in [-0.25, -0.2) is 9.37 Å². The number of nitrogens with zero attached hydrogens (tertiary/aromatic N) is 5. The number of benzene rings is 2. The molecule has 2 saturated heterocycles. The van der Waals surface area contributed by atoms with E-state index in [-0.39, 0.29) is 64.1 Å². The largest absolute Gasteiger partial charge is 0.482 e. The summed E-state index contributed by atoms with van der Waals surface area (Å²) in [5.74, 6) is -2.82. The Balaban J connectivity index is 0.956. The number of hydrogen-bond donors (Lipinski definition) is 3. The Kier molecular flexibility index (Phi) is 9.79. The lowest BCUT2D eigenvalue weighted by Gasteiger charge is -2.32. The van der Waals surface area contributed by atoms with E-state index in [0.29, 0.717) is 42.7 Å². The van der Waals surface area contributed by atoms with Gasteiger partial charge in [0, 0.05) is 59.3 Å². The highest BCUT2D eigenvalue weighted by Gasteiger charge is 2.45. The zero-order valence-corrected chi connectivity index (χ0v) is 29.8. The van der Waals surface area contributed by atoms with Crippen molar-refractivity contribution in [3.8, 4) is 16.9 Å². The number of amides is 5. The summed E-state index contributed by atoms with van der Waals surface area (Å²) in [7, 11) is 0. The van der Waals surface area contributed by atoms with Gasteiger partial charge in [0.1, 0.15) is 18.0 Å². The van der Waals surface area contributed by atoms with Crippen LogP contribution in [0.1, 0.15) is 71.0 Å². The highest BCUT2D eigenvalue weighted by Crippen LogP contribution is 2.37. The van der Waals surface area contributed by atoms with E-state index < -0.39 is 41.6 Å². The molecular weight excluding hydrogens is 730 g/mol. The number of rotatable bonds is 9. The molecular formula is C36H33Cl2FN8O6. The second kappa shape index (κ2) is 14.5. The maximum atomic E-state index is 14.1. The van der Waals surface area contributed by atoms with E-state index in [1.54, 1.807) is 42.4 Å². The predicted molar refractivity (Wildman–Crippen MR) is 192 cm³/mol. The number of pyridine rings is 1. The molecule has 5 amide bonds. The maximum Gasteiger partial charge on any atom is 0.264 e. The number of fused-ring (bicyclic) bond motifs is 1. The molecule has 2 aromatic carbocycles. The summed E-state index contributed by atoms with van der Waals surface area (Å²) in [5.41, 5.74) is 8.38. The topological polar surface area (TPSA) is 182 Å². The summed E-state index contributed by atoms with van der Waals surface area (Å²) in [5, 5.41) is 9.89. The number of carbonyl (C=O) groups is 5. The number of aromatic nitrogens is 3. The Morgan fingerprint density at radius 2 is 1.85 bits per heavy atom. The number of nitrogens with one attached hydrogen (secondary N) is 2. The molecule has 14 nitrogen and oxygen atoms in total. The number of halogens is 3. The van der Waals surface area contributed by atoms with Crippen LogP contribution < -0.4 is 21.1 Å². The summed E-state index contributed by atoms with van der Waals surface area (Å²) >= 11 is 12.4. The third-order valence-corrected chi connectivity index (χ3v) is 10.4.